The lowest BCUT2D eigenvalue weighted by atomic mass is 10.3. The molecule has 0 bridgehead atoms. The second-order valence-electron chi connectivity index (χ2n) is 2.82. The van der Waals surface area contributed by atoms with Crippen molar-refractivity contribution in [3.8, 4) is 0 Å². The van der Waals surface area contributed by atoms with Crippen LogP contribution in [0, 0.1) is 0 Å². The van der Waals surface area contributed by atoms with Gasteiger partial charge < -0.3 is 15.0 Å². The minimum atomic E-state index is -0.424. The van der Waals surface area contributed by atoms with E-state index in [9.17, 15) is 4.79 Å². The molecule has 1 aliphatic rings. The number of aliphatic hydroxyl groups excluding tert-OH is 2. The predicted molar refractivity (Wildman–Crippen MR) is 50.5 cm³/mol. The largest absolute Gasteiger partial charge is 0.394 e. The van der Waals surface area contributed by atoms with Crippen LogP contribution >= 0.6 is 0 Å². The van der Waals surface area contributed by atoms with Crippen LogP contribution in [0.1, 0.15) is 20.3 Å². The Kier molecular flexibility index (Phi) is 6.76. The molecule has 1 rings (SSSR count). The highest BCUT2D eigenvalue weighted by Gasteiger charge is 2.25. The predicted octanol–water partition coefficient (Wildman–Crippen LogP) is -0.361. The number of aldehydes is 1. The van der Waals surface area contributed by atoms with Crippen LogP contribution in [-0.2, 0) is 4.79 Å². The first-order valence-electron chi connectivity index (χ1n) is 4.76. The van der Waals surface area contributed by atoms with Gasteiger partial charge in [0.25, 0.3) is 0 Å². The number of likely N-dealkylation sites (tertiary alicyclic amines) is 1. The maximum absolute atomic E-state index is 10.3. The van der Waals surface area contributed by atoms with Gasteiger partial charge in [-0.1, -0.05) is 13.8 Å². The highest BCUT2D eigenvalue weighted by molar-refractivity contribution is 5.57. The second-order valence-corrected chi connectivity index (χ2v) is 2.82. The van der Waals surface area contributed by atoms with Gasteiger partial charge >= 0.3 is 0 Å². The van der Waals surface area contributed by atoms with Crippen molar-refractivity contribution in [3.63, 3.8) is 0 Å². The molecule has 1 fully saturated rings. The zero-order valence-electron chi connectivity index (χ0n) is 8.31. The molecule has 1 unspecified atom stereocenters. The monoisotopic (exact) mass is 189 g/mol. The van der Waals surface area contributed by atoms with Crippen molar-refractivity contribution in [1.82, 2.24) is 4.90 Å². The SMILES string of the molecule is CC.O=C[C@H](CO)N1CCC(O)C1. The fourth-order valence-corrected chi connectivity index (χ4v) is 1.31. The fourth-order valence-electron chi connectivity index (χ4n) is 1.31. The Morgan fingerprint density at radius 1 is 1.62 bits per heavy atom. The van der Waals surface area contributed by atoms with E-state index in [1.165, 1.54) is 0 Å². The molecule has 0 aromatic carbocycles. The van der Waals surface area contributed by atoms with E-state index in [4.69, 9.17) is 10.2 Å². The number of aliphatic hydroxyl groups is 2. The van der Waals surface area contributed by atoms with Crippen LogP contribution < -0.4 is 0 Å². The maximum Gasteiger partial charge on any atom is 0.139 e. The molecule has 0 amide bonds. The van der Waals surface area contributed by atoms with Crippen molar-refractivity contribution in [2.24, 2.45) is 0 Å². The lowest BCUT2D eigenvalue weighted by Gasteiger charge is -2.19. The van der Waals surface area contributed by atoms with Crippen molar-refractivity contribution < 1.29 is 15.0 Å². The summed E-state index contributed by atoms with van der Waals surface area (Å²) in [5, 5.41) is 17.8. The molecule has 0 saturated carbocycles. The van der Waals surface area contributed by atoms with Gasteiger partial charge in [0.15, 0.2) is 0 Å². The third-order valence-electron chi connectivity index (χ3n) is 2.01. The Morgan fingerprint density at radius 2 is 2.23 bits per heavy atom. The van der Waals surface area contributed by atoms with Gasteiger partial charge in [-0.25, -0.2) is 0 Å². The highest BCUT2D eigenvalue weighted by atomic mass is 16.3. The molecule has 78 valence electrons. The molecule has 2 N–H and O–H groups in total. The Balaban J connectivity index is 0.000000671. The first-order valence-corrected chi connectivity index (χ1v) is 4.76. The average molecular weight is 189 g/mol. The van der Waals surface area contributed by atoms with Crippen LogP contribution in [0.25, 0.3) is 0 Å². The van der Waals surface area contributed by atoms with Gasteiger partial charge in [-0.05, 0) is 6.42 Å². The van der Waals surface area contributed by atoms with E-state index in [1.54, 1.807) is 4.90 Å². The number of carbonyl (C=O) groups excluding carboxylic acids is 1. The van der Waals surface area contributed by atoms with Crippen LogP contribution in [0.5, 0.6) is 0 Å². The molecule has 13 heavy (non-hydrogen) atoms. The standard InChI is InChI=1S/C7H13NO3.C2H6/c9-4-6(5-10)8-2-1-7(11)3-8;1-2/h4,6-7,10-11H,1-3,5H2;1-2H3/t6-,7?;/m1./s1. The van der Waals surface area contributed by atoms with Gasteiger partial charge in [0, 0.05) is 13.1 Å². The van der Waals surface area contributed by atoms with Crippen LogP contribution in [0.4, 0.5) is 0 Å². The Hall–Kier alpha value is -0.450. The lowest BCUT2D eigenvalue weighted by molar-refractivity contribution is -0.113. The molecule has 1 saturated heterocycles. The van der Waals surface area contributed by atoms with E-state index in [2.05, 4.69) is 0 Å². The zero-order valence-corrected chi connectivity index (χ0v) is 8.31. The zero-order chi connectivity index (χ0) is 10.3. The topological polar surface area (TPSA) is 60.8 Å². The summed E-state index contributed by atoms with van der Waals surface area (Å²) in [6, 6.07) is -0.424. The van der Waals surface area contributed by atoms with Crippen molar-refractivity contribution in [1.29, 1.82) is 0 Å². The van der Waals surface area contributed by atoms with Crippen LogP contribution in [0.2, 0.25) is 0 Å². The van der Waals surface area contributed by atoms with Crippen molar-refractivity contribution in [3.05, 3.63) is 0 Å². The van der Waals surface area contributed by atoms with E-state index in [0.717, 1.165) is 6.29 Å². The Labute approximate surface area is 79.2 Å². The van der Waals surface area contributed by atoms with Crippen molar-refractivity contribution in [2.45, 2.75) is 32.4 Å². The minimum absolute atomic E-state index is 0.157. The first-order chi connectivity index (χ1) is 6.27. The average Bonchev–Trinajstić information content (AvgIpc) is 2.58. The minimum Gasteiger partial charge on any atom is -0.394 e. The van der Waals surface area contributed by atoms with Crippen molar-refractivity contribution in [2.75, 3.05) is 19.7 Å². The summed E-state index contributed by atoms with van der Waals surface area (Å²) in [6.45, 7) is 5.05. The summed E-state index contributed by atoms with van der Waals surface area (Å²) in [6.07, 6.45) is 1.09. The molecule has 2 atom stereocenters. The van der Waals surface area contributed by atoms with Gasteiger partial charge in [0.05, 0.1) is 18.8 Å². The van der Waals surface area contributed by atoms with E-state index in [0.29, 0.717) is 19.5 Å². The summed E-state index contributed by atoms with van der Waals surface area (Å²) in [5.74, 6) is 0. The molecule has 4 nitrogen and oxygen atoms in total. The number of hydrogen-bond acceptors (Lipinski definition) is 4. The normalized spacial score (nSPS) is 24.8. The smallest absolute Gasteiger partial charge is 0.139 e. The Bertz CT molecular complexity index is 141. The van der Waals surface area contributed by atoms with Gasteiger partial charge in [0.2, 0.25) is 0 Å². The summed E-state index contributed by atoms with van der Waals surface area (Å²) < 4.78 is 0. The molecule has 0 aromatic rings. The third kappa shape index (κ3) is 3.85. The van der Waals surface area contributed by atoms with E-state index >= 15 is 0 Å². The molecule has 0 aliphatic carbocycles. The second kappa shape index (κ2) is 7.00. The van der Waals surface area contributed by atoms with E-state index in [-0.39, 0.29) is 12.7 Å². The summed E-state index contributed by atoms with van der Waals surface area (Å²) >= 11 is 0. The highest BCUT2D eigenvalue weighted by Crippen LogP contribution is 2.10. The van der Waals surface area contributed by atoms with Gasteiger partial charge in [-0.3, -0.25) is 4.90 Å². The summed E-state index contributed by atoms with van der Waals surface area (Å²) in [4.78, 5) is 12.1. The summed E-state index contributed by atoms with van der Waals surface area (Å²) in [5.41, 5.74) is 0. The van der Waals surface area contributed by atoms with Gasteiger partial charge in [0.1, 0.15) is 6.29 Å². The number of β-amino-alcohol motifs (C(OH)–C–C–N with tert-alkyl or cyclic N) is 1. The van der Waals surface area contributed by atoms with E-state index < -0.39 is 6.04 Å². The molecule has 1 heterocycles. The van der Waals surface area contributed by atoms with E-state index in [1.807, 2.05) is 13.8 Å². The lowest BCUT2D eigenvalue weighted by Crippen LogP contribution is -2.37. The number of carbonyl (C=O) groups is 1. The van der Waals surface area contributed by atoms with Crippen LogP contribution in [-0.4, -0.2) is 53.2 Å². The number of nitrogens with zero attached hydrogens (tertiary/aromatic N) is 1. The maximum atomic E-state index is 10.3. The third-order valence-corrected chi connectivity index (χ3v) is 2.01. The van der Waals surface area contributed by atoms with Crippen molar-refractivity contribution >= 4 is 6.29 Å². The molecule has 1 aliphatic heterocycles. The van der Waals surface area contributed by atoms with Crippen LogP contribution in [0.15, 0.2) is 0 Å². The number of hydrogen-bond donors (Lipinski definition) is 2. The summed E-state index contributed by atoms with van der Waals surface area (Å²) in [7, 11) is 0. The molecule has 4 heteroatoms. The molecule has 0 aromatic heterocycles. The van der Waals surface area contributed by atoms with Crippen LogP contribution in [0.3, 0.4) is 0 Å². The molecular formula is C9H19NO3. The fraction of sp³-hybridized carbons (Fsp3) is 0.889. The first kappa shape index (κ1) is 12.6. The molecule has 0 radical (unpaired) electrons. The van der Waals surface area contributed by atoms with Gasteiger partial charge in [-0.2, -0.15) is 0 Å². The molecule has 0 spiro atoms. The molecular weight excluding hydrogens is 170 g/mol. The van der Waals surface area contributed by atoms with Gasteiger partial charge in [-0.15, -0.1) is 0 Å². The number of rotatable bonds is 3. The quantitative estimate of drug-likeness (QED) is 0.595. The Morgan fingerprint density at radius 3 is 2.54 bits per heavy atom.